The van der Waals surface area contributed by atoms with E-state index in [0.717, 1.165) is 31.2 Å². The Morgan fingerprint density at radius 2 is 2.26 bits per heavy atom. The van der Waals surface area contributed by atoms with E-state index in [2.05, 4.69) is 10.6 Å². The third kappa shape index (κ3) is 3.99. The van der Waals surface area contributed by atoms with Gasteiger partial charge in [-0.25, -0.2) is 4.79 Å². The van der Waals surface area contributed by atoms with Crippen LogP contribution in [0.15, 0.2) is 18.5 Å². The normalized spacial score (nSPS) is 23.1. The predicted octanol–water partition coefficient (Wildman–Crippen LogP) is 1.38. The molecule has 2 amide bonds. The molecule has 2 unspecified atom stereocenters. The average molecular weight is 265 g/mol. The Hall–Kier alpha value is -1.49. The number of rotatable bonds is 4. The maximum atomic E-state index is 11.8. The summed E-state index contributed by atoms with van der Waals surface area (Å²) in [5.41, 5.74) is 1.08. The number of hydrogen-bond acceptors (Lipinski definition) is 2. The molecular weight excluding hydrogens is 242 g/mol. The molecule has 0 spiro atoms. The minimum absolute atomic E-state index is 0.106. The molecule has 0 aliphatic heterocycles. The SMILES string of the molecule is Cn1ccc(CNC(=O)NC2CCCCC2CO)c1. The van der Waals surface area contributed by atoms with E-state index in [1.807, 2.05) is 30.1 Å². The van der Waals surface area contributed by atoms with E-state index >= 15 is 0 Å². The van der Waals surface area contributed by atoms with Crippen molar-refractivity contribution in [3.8, 4) is 0 Å². The van der Waals surface area contributed by atoms with E-state index in [-0.39, 0.29) is 24.6 Å². The summed E-state index contributed by atoms with van der Waals surface area (Å²) in [6.07, 6.45) is 8.18. The Morgan fingerprint density at radius 3 is 2.95 bits per heavy atom. The van der Waals surface area contributed by atoms with Crippen LogP contribution in [-0.2, 0) is 13.6 Å². The molecule has 1 heterocycles. The average Bonchev–Trinajstić information content (AvgIpc) is 2.83. The molecule has 1 aliphatic carbocycles. The highest BCUT2D eigenvalue weighted by Gasteiger charge is 2.25. The number of nitrogens with one attached hydrogen (secondary N) is 2. The number of aliphatic hydroxyl groups excluding tert-OH is 1. The van der Waals surface area contributed by atoms with Crippen molar-refractivity contribution in [1.82, 2.24) is 15.2 Å². The van der Waals surface area contributed by atoms with Gasteiger partial charge in [0.15, 0.2) is 0 Å². The summed E-state index contributed by atoms with van der Waals surface area (Å²) < 4.78 is 1.96. The van der Waals surface area contributed by atoms with Crippen LogP contribution < -0.4 is 10.6 Å². The molecule has 1 fully saturated rings. The van der Waals surface area contributed by atoms with Gasteiger partial charge in [0.1, 0.15) is 0 Å². The molecule has 1 aromatic heterocycles. The second-order valence-electron chi connectivity index (χ2n) is 5.35. The molecule has 0 aromatic carbocycles. The minimum atomic E-state index is -0.144. The molecule has 1 aliphatic rings. The fourth-order valence-electron chi connectivity index (χ4n) is 2.68. The van der Waals surface area contributed by atoms with E-state index in [1.54, 1.807) is 0 Å². The van der Waals surface area contributed by atoms with Crippen molar-refractivity contribution >= 4 is 6.03 Å². The summed E-state index contributed by atoms with van der Waals surface area (Å²) in [5, 5.41) is 15.1. The molecule has 1 aromatic rings. The number of urea groups is 1. The number of aliphatic hydroxyl groups is 1. The van der Waals surface area contributed by atoms with E-state index in [9.17, 15) is 9.90 Å². The zero-order valence-electron chi connectivity index (χ0n) is 11.4. The van der Waals surface area contributed by atoms with Crippen LogP contribution in [-0.4, -0.2) is 28.4 Å². The van der Waals surface area contributed by atoms with E-state index in [4.69, 9.17) is 0 Å². The van der Waals surface area contributed by atoms with Crippen LogP contribution in [0.25, 0.3) is 0 Å². The van der Waals surface area contributed by atoms with Gasteiger partial charge in [-0.15, -0.1) is 0 Å². The second kappa shape index (κ2) is 6.61. The van der Waals surface area contributed by atoms with E-state index < -0.39 is 0 Å². The molecule has 0 bridgehead atoms. The lowest BCUT2D eigenvalue weighted by Gasteiger charge is -2.30. The molecule has 2 atom stereocenters. The number of amides is 2. The van der Waals surface area contributed by atoms with Gasteiger partial charge >= 0.3 is 6.03 Å². The summed E-state index contributed by atoms with van der Waals surface area (Å²) in [6, 6.07) is 1.95. The van der Waals surface area contributed by atoms with Crippen LogP contribution in [0.2, 0.25) is 0 Å². The number of nitrogens with zero attached hydrogens (tertiary/aromatic N) is 1. The second-order valence-corrected chi connectivity index (χ2v) is 5.35. The molecule has 0 radical (unpaired) electrons. The van der Waals surface area contributed by atoms with Gasteiger partial charge in [0.05, 0.1) is 0 Å². The third-order valence-corrected chi connectivity index (χ3v) is 3.81. The fraction of sp³-hybridized carbons (Fsp3) is 0.643. The Morgan fingerprint density at radius 1 is 1.47 bits per heavy atom. The summed E-state index contributed by atoms with van der Waals surface area (Å²) in [4.78, 5) is 11.8. The van der Waals surface area contributed by atoms with E-state index in [0.29, 0.717) is 6.54 Å². The van der Waals surface area contributed by atoms with Crippen LogP contribution in [0.1, 0.15) is 31.2 Å². The number of aryl methyl sites for hydroxylation is 1. The number of carbonyl (C=O) groups excluding carboxylic acids is 1. The van der Waals surface area contributed by atoms with Crippen LogP contribution in [0, 0.1) is 5.92 Å². The number of carbonyl (C=O) groups is 1. The highest BCUT2D eigenvalue weighted by Crippen LogP contribution is 2.23. The van der Waals surface area contributed by atoms with Gasteiger partial charge in [-0.1, -0.05) is 12.8 Å². The summed E-state index contributed by atoms with van der Waals surface area (Å²) in [5.74, 6) is 0.205. The summed E-state index contributed by atoms with van der Waals surface area (Å²) in [6.45, 7) is 0.687. The van der Waals surface area contributed by atoms with Gasteiger partial charge in [0.25, 0.3) is 0 Å². The lowest BCUT2D eigenvalue weighted by molar-refractivity contribution is 0.153. The van der Waals surface area contributed by atoms with Crippen LogP contribution >= 0.6 is 0 Å². The Labute approximate surface area is 114 Å². The van der Waals surface area contributed by atoms with Crippen LogP contribution in [0.4, 0.5) is 4.79 Å². The first-order valence-electron chi connectivity index (χ1n) is 6.95. The number of aromatic nitrogens is 1. The topological polar surface area (TPSA) is 66.3 Å². The zero-order valence-corrected chi connectivity index (χ0v) is 11.4. The zero-order chi connectivity index (χ0) is 13.7. The highest BCUT2D eigenvalue weighted by atomic mass is 16.3. The van der Waals surface area contributed by atoms with Crippen LogP contribution in [0.3, 0.4) is 0 Å². The van der Waals surface area contributed by atoms with Gasteiger partial charge in [0, 0.05) is 44.6 Å². The summed E-state index contributed by atoms with van der Waals surface area (Å²) >= 11 is 0. The maximum Gasteiger partial charge on any atom is 0.315 e. The Bertz CT molecular complexity index is 417. The molecule has 5 nitrogen and oxygen atoms in total. The van der Waals surface area contributed by atoms with Crippen molar-refractivity contribution in [3.05, 3.63) is 24.0 Å². The standard InChI is InChI=1S/C14H23N3O2/c1-17-7-6-11(9-17)8-15-14(19)16-13-5-3-2-4-12(13)10-18/h6-7,9,12-13,18H,2-5,8,10H2,1H3,(H2,15,16,19). The molecule has 106 valence electrons. The quantitative estimate of drug-likeness (QED) is 0.770. The fourth-order valence-corrected chi connectivity index (χ4v) is 2.68. The van der Waals surface area contributed by atoms with E-state index in [1.165, 1.54) is 0 Å². The van der Waals surface area contributed by atoms with Crippen LogP contribution in [0.5, 0.6) is 0 Å². The molecule has 1 saturated carbocycles. The van der Waals surface area contributed by atoms with Crippen molar-refractivity contribution < 1.29 is 9.90 Å². The molecule has 19 heavy (non-hydrogen) atoms. The molecule has 3 N–H and O–H groups in total. The lowest BCUT2D eigenvalue weighted by atomic mass is 9.85. The first kappa shape index (κ1) is 13.9. The first-order chi connectivity index (χ1) is 9.19. The Kier molecular flexibility index (Phi) is 4.85. The van der Waals surface area contributed by atoms with Crippen molar-refractivity contribution in [2.24, 2.45) is 13.0 Å². The van der Waals surface area contributed by atoms with Crippen molar-refractivity contribution in [2.75, 3.05) is 6.61 Å². The van der Waals surface area contributed by atoms with Crippen molar-refractivity contribution in [2.45, 2.75) is 38.3 Å². The maximum absolute atomic E-state index is 11.8. The van der Waals surface area contributed by atoms with Crippen molar-refractivity contribution in [3.63, 3.8) is 0 Å². The highest BCUT2D eigenvalue weighted by molar-refractivity contribution is 5.74. The molecule has 0 saturated heterocycles. The first-order valence-corrected chi connectivity index (χ1v) is 6.95. The lowest BCUT2D eigenvalue weighted by Crippen LogP contribution is -2.47. The molecular formula is C14H23N3O2. The largest absolute Gasteiger partial charge is 0.396 e. The molecule has 5 heteroatoms. The Balaban J connectivity index is 1.77. The predicted molar refractivity (Wildman–Crippen MR) is 73.6 cm³/mol. The monoisotopic (exact) mass is 265 g/mol. The third-order valence-electron chi connectivity index (χ3n) is 3.81. The van der Waals surface area contributed by atoms with Gasteiger partial charge in [-0.05, 0) is 24.5 Å². The number of hydrogen-bond donors (Lipinski definition) is 3. The smallest absolute Gasteiger partial charge is 0.315 e. The minimum Gasteiger partial charge on any atom is -0.396 e. The summed E-state index contributed by atoms with van der Waals surface area (Å²) in [7, 11) is 1.96. The van der Waals surface area contributed by atoms with Gasteiger partial charge in [-0.3, -0.25) is 0 Å². The molecule has 2 rings (SSSR count). The van der Waals surface area contributed by atoms with Gasteiger partial charge < -0.3 is 20.3 Å². The van der Waals surface area contributed by atoms with Gasteiger partial charge in [-0.2, -0.15) is 0 Å². The van der Waals surface area contributed by atoms with Crippen molar-refractivity contribution in [1.29, 1.82) is 0 Å². The van der Waals surface area contributed by atoms with Gasteiger partial charge in [0.2, 0.25) is 0 Å².